The van der Waals surface area contributed by atoms with Gasteiger partial charge < -0.3 is 14.8 Å². The molecule has 0 aliphatic carbocycles. The van der Waals surface area contributed by atoms with Gasteiger partial charge in [0.1, 0.15) is 0 Å². The Balaban J connectivity index is 2.73. The topological polar surface area (TPSA) is 30.5 Å². The summed E-state index contributed by atoms with van der Waals surface area (Å²) in [5.41, 5.74) is 2.70. The number of ether oxygens (including phenoxy) is 2. The van der Waals surface area contributed by atoms with Crippen molar-refractivity contribution >= 4 is 0 Å². The quantitative estimate of drug-likeness (QED) is 0.633. The first-order valence-electron chi connectivity index (χ1n) is 8.29. The summed E-state index contributed by atoms with van der Waals surface area (Å²) < 4.78 is 11.5. The van der Waals surface area contributed by atoms with Crippen molar-refractivity contribution in [2.24, 2.45) is 0 Å². The van der Waals surface area contributed by atoms with E-state index in [-0.39, 0.29) is 12.3 Å². The number of rotatable bonds is 11. The molecule has 0 aromatic heterocycles. The average Bonchev–Trinajstić information content (AvgIpc) is 2.52. The van der Waals surface area contributed by atoms with Crippen LogP contribution in [0.1, 0.15) is 45.2 Å². The predicted molar refractivity (Wildman–Crippen MR) is 88.6 cm³/mol. The smallest absolute Gasteiger partial charge is 0.172 e. The summed E-state index contributed by atoms with van der Waals surface area (Å²) in [5, 5.41) is 3.57. The zero-order chi connectivity index (χ0) is 15.5. The Hall–Kier alpha value is -0.900. The molecule has 0 spiro atoms. The third kappa shape index (κ3) is 6.60. The molecule has 0 saturated carbocycles. The van der Waals surface area contributed by atoms with Crippen molar-refractivity contribution < 1.29 is 9.47 Å². The van der Waals surface area contributed by atoms with E-state index in [9.17, 15) is 0 Å². The van der Waals surface area contributed by atoms with Crippen molar-refractivity contribution in [2.45, 2.75) is 59.3 Å². The molecule has 21 heavy (non-hydrogen) atoms. The molecule has 0 heterocycles. The van der Waals surface area contributed by atoms with Crippen LogP contribution in [0.3, 0.4) is 0 Å². The number of aryl methyl sites for hydroxylation is 1. The predicted octanol–water partition coefficient (Wildman–Crippen LogP) is 3.56. The van der Waals surface area contributed by atoms with Crippen molar-refractivity contribution in [2.75, 3.05) is 19.8 Å². The van der Waals surface area contributed by atoms with Gasteiger partial charge in [0.25, 0.3) is 0 Å². The molecule has 1 N–H and O–H groups in total. The fourth-order valence-electron chi connectivity index (χ4n) is 2.37. The van der Waals surface area contributed by atoms with Crippen molar-refractivity contribution in [3.05, 3.63) is 35.4 Å². The van der Waals surface area contributed by atoms with Crippen molar-refractivity contribution in [3.63, 3.8) is 0 Å². The second kappa shape index (κ2) is 10.8. The Labute approximate surface area is 130 Å². The van der Waals surface area contributed by atoms with E-state index in [1.807, 2.05) is 13.8 Å². The highest BCUT2D eigenvalue weighted by Gasteiger charge is 2.22. The van der Waals surface area contributed by atoms with Gasteiger partial charge in [-0.05, 0) is 50.8 Å². The van der Waals surface area contributed by atoms with Crippen molar-refractivity contribution in [1.82, 2.24) is 5.32 Å². The molecule has 1 unspecified atom stereocenters. The highest BCUT2D eigenvalue weighted by Crippen LogP contribution is 2.12. The molecule has 0 amide bonds. The van der Waals surface area contributed by atoms with Gasteiger partial charge in [-0.2, -0.15) is 0 Å². The van der Waals surface area contributed by atoms with Gasteiger partial charge in [-0.3, -0.25) is 0 Å². The Morgan fingerprint density at radius 3 is 1.95 bits per heavy atom. The summed E-state index contributed by atoms with van der Waals surface area (Å²) >= 11 is 0. The summed E-state index contributed by atoms with van der Waals surface area (Å²) in [6.07, 6.45) is 2.93. The van der Waals surface area contributed by atoms with Crippen LogP contribution in [-0.2, 0) is 22.3 Å². The molecule has 3 heteroatoms. The van der Waals surface area contributed by atoms with Crippen LogP contribution in [0.25, 0.3) is 0 Å². The van der Waals surface area contributed by atoms with E-state index in [0.717, 1.165) is 25.8 Å². The lowest BCUT2D eigenvalue weighted by Crippen LogP contribution is -2.45. The Morgan fingerprint density at radius 2 is 1.48 bits per heavy atom. The normalized spacial score (nSPS) is 12.8. The number of hydrogen-bond acceptors (Lipinski definition) is 3. The van der Waals surface area contributed by atoms with Crippen LogP contribution < -0.4 is 5.32 Å². The zero-order valence-corrected chi connectivity index (χ0v) is 14.0. The maximum Gasteiger partial charge on any atom is 0.172 e. The minimum atomic E-state index is -0.183. The van der Waals surface area contributed by atoms with Crippen LogP contribution >= 0.6 is 0 Å². The Morgan fingerprint density at radius 1 is 0.905 bits per heavy atom. The van der Waals surface area contributed by atoms with Gasteiger partial charge >= 0.3 is 0 Å². The summed E-state index contributed by atoms with van der Waals surface area (Å²) in [4.78, 5) is 0. The maximum absolute atomic E-state index is 5.77. The van der Waals surface area contributed by atoms with E-state index in [1.54, 1.807) is 0 Å². The molecule has 0 fully saturated rings. The minimum absolute atomic E-state index is 0.183. The van der Waals surface area contributed by atoms with Gasteiger partial charge in [-0.15, -0.1) is 0 Å². The first-order chi connectivity index (χ1) is 10.2. The van der Waals surface area contributed by atoms with Gasteiger partial charge in [0, 0.05) is 13.2 Å². The largest absolute Gasteiger partial charge is 0.351 e. The van der Waals surface area contributed by atoms with Gasteiger partial charge in [0.05, 0.1) is 6.04 Å². The molecule has 1 aromatic carbocycles. The molecule has 0 bridgehead atoms. The van der Waals surface area contributed by atoms with Gasteiger partial charge in [0.15, 0.2) is 6.29 Å². The second-order valence-electron chi connectivity index (χ2n) is 5.21. The minimum Gasteiger partial charge on any atom is -0.351 e. The monoisotopic (exact) mass is 293 g/mol. The molecular formula is C18H31NO2. The molecule has 1 rings (SSSR count). The molecular weight excluding hydrogens is 262 g/mol. The average molecular weight is 293 g/mol. The fraction of sp³-hybridized carbons (Fsp3) is 0.667. The van der Waals surface area contributed by atoms with Crippen LogP contribution in [0.5, 0.6) is 0 Å². The second-order valence-corrected chi connectivity index (χ2v) is 5.21. The molecule has 1 atom stereocenters. The van der Waals surface area contributed by atoms with E-state index in [4.69, 9.17) is 9.47 Å². The maximum atomic E-state index is 5.77. The third-order valence-electron chi connectivity index (χ3n) is 3.53. The van der Waals surface area contributed by atoms with Gasteiger partial charge in [-0.25, -0.2) is 0 Å². The lowest BCUT2D eigenvalue weighted by atomic mass is 10.0. The number of nitrogens with one attached hydrogen (secondary N) is 1. The van der Waals surface area contributed by atoms with Crippen LogP contribution in [0.4, 0.5) is 0 Å². The van der Waals surface area contributed by atoms with Crippen molar-refractivity contribution in [1.29, 1.82) is 0 Å². The molecule has 0 saturated heterocycles. The summed E-state index contributed by atoms with van der Waals surface area (Å²) in [6, 6.07) is 9.05. The first kappa shape index (κ1) is 18.1. The number of hydrogen-bond donors (Lipinski definition) is 1. The Bertz CT molecular complexity index is 358. The van der Waals surface area contributed by atoms with E-state index < -0.39 is 0 Å². The van der Waals surface area contributed by atoms with E-state index in [2.05, 4.69) is 43.4 Å². The molecule has 0 radical (unpaired) electrons. The van der Waals surface area contributed by atoms with Crippen LogP contribution in [-0.4, -0.2) is 32.1 Å². The van der Waals surface area contributed by atoms with Crippen molar-refractivity contribution in [3.8, 4) is 0 Å². The highest BCUT2D eigenvalue weighted by atomic mass is 16.7. The van der Waals surface area contributed by atoms with Crippen LogP contribution in [0.2, 0.25) is 0 Å². The lowest BCUT2D eigenvalue weighted by molar-refractivity contribution is -0.153. The van der Waals surface area contributed by atoms with E-state index in [0.29, 0.717) is 13.2 Å². The molecule has 0 aliphatic rings. The molecule has 120 valence electrons. The van der Waals surface area contributed by atoms with Crippen LogP contribution in [0.15, 0.2) is 24.3 Å². The number of benzene rings is 1. The van der Waals surface area contributed by atoms with Gasteiger partial charge in [0.2, 0.25) is 0 Å². The fourth-order valence-corrected chi connectivity index (χ4v) is 2.37. The van der Waals surface area contributed by atoms with E-state index >= 15 is 0 Å². The SMILES string of the molecule is CCCNC(Cc1ccc(CC)cc1)C(OCC)OCC. The standard InChI is InChI=1S/C18H31NO2/c1-5-13-19-17(18(20-7-3)21-8-4)14-16-11-9-15(6-2)10-12-16/h9-12,17-19H,5-8,13-14H2,1-4H3. The molecule has 3 nitrogen and oxygen atoms in total. The molecule has 1 aromatic rings. The summed E-state index contributed by atoms with van der Waals surface area (Å²) in [7, 11) is 0. The van der Waals surface area contributed by atoms with E-state index in [1.165, 1.54) is 11.1 Å². The summed E-state index contributed by atoms with van der Waals surface area (Å²) in [5.74, 6) is 0. The lowest BCUT2D eigenvalue weighted by Gasteiger charge is -2.28. The highest BCUT2D eigenvalue weighted by molar-refractivity contribution is 5.23. The molecule has 0 aliphatic heterocycles. The first-order valence-corrected chi connectivity index (χ1v) is 8.29. The van der Waals surface area contributed by atoms with Crippen LogP contribution in [0, 0.1) is 0 Å². The summed E-state index contributed by atoms with van der Waals surface area (Å²) in [6.45, 7) is 10.7. The third-order valence-corrected chi connectivity index (χ3v) is 3.53. The Kier molecular flexibility index (Phi) is 9.31. The zero-order valence-electron chi connectivity index (χ0n) is 14.0. The van der Waals surface area contributed by atoms with Gasteiger partial charge in [-0.1, -0.05) is 38.1 Å².